The fourth-order valence-corrected chi connectivity index (χ4v) is 3.92. The first kappa shape index (κ1) is 26.8. The second kappa shape index (κ2) is 10.3. The van der Waals surface area contributed by atoms with Gasteiger partial charge in [-0.2, -0.15) is 26.3 Å². The third-order valence-electron chi connectivity index (χ3n) is 5.80. The zero-order valence-corrected chi connectivity index (χ0v) is 19.8. The van der Waals surface area contributed by atoms with Gasteiger partial charge in [0.2, 0.25) is 0 Å². The Bertz CT molecular complexity index is 1340. The Kier molecular flexibility index (Phi) is 7.25. The summed E-state index contributed by atoms with van der Waals surface area (Å²) < 4.78 is 84.0. The lowest BCUT2D eigenvalue weighted by molar-refractivity contribution is -0.143. The number of urea groups is 1. The molecule has 3 amide bonds. The Balaban J connectivity index is 1.37. The molecule has 2 N–H and O–H groups in total. The summed E-state index contributed by atoms with van der Waals surface area (Å²) in [4.78, 5) is 26.5. The van der Waals surface area contributed by atoms with Gasteiger partial charge in [0.05, 0.1) is 22.4 Å². The minimum absolute atomic E-state index is 0.00875. The standard InChI is InChI=1S/C26H21F6N3O3/c1-35-20-14-18(8-9-22(20)38-21-7-3-2-6-19(21)23(35)36)34-24(37)33-10-4-5-15-11-16(25(27,28)29)13-17(12-15)26(30,31)32/h2-3,6-9,11-14H,4-5,10H2,1H3,(H2,33,34,37). The van der Waals surface area contributed by atoms with E-state index in [0.29, 0.717) is 40.6 Å². The van der Waals surface area contributed by atoms with Crippen LogP contribution in [0.2, 0.25) is 0 Å². The van der Waals surface area contributed by atoms with Crippen LogP contribution in [0.3, 0.4) is 0 Å². The van der Waals surface area contributed by atoms with Crippen LogP contribution in [0.1, 0.15) is 33.5 Å². The molecule has 6 nitrogen and oxygen atoms in total. The smallest absolute Gasteiger partial charge is 0.416 e. The van der Waals surface area contributed by atoms with Crippen molar-refractivity contribution in [2.24, 2.45) is 0 Å². The van der Waals surface area contributed by atoms with E-state index in [9.17, 15) is 35.9 Å². The number of ether oxygens (including phenoxy) is 1. The Labute approximate surface area is 213 Å². The fraction of sp³-hybridized carbons (Fsp3) is 0.231. The Hall–Kier alpha value is -4.22. The zero-order valence-electron chi connectivity index (χ0n) is 19.8. The normalized spacial score (nSPS) is 13.2. The van der Waals surface area contributed by atoms with Crippen molar-refractivity contribution in [1.29, 1.82) is 0 Å². The van der Waals surface area contributed by atoms with Crippen LogP contribution in [0, 0.1) is 0 Å². The van der Waals surface area contributed by atoms with E-state index in [1.807, 2.05) is 0 Å². The quantitative estimate of drug-likeness (QED) is 0.276. The molecule has 0 radical (unpaired) electrons. The largest absolute Gasteiger partial charge is 0.454 e. The number of fused-ring (bicyclic) bond motifs is 2. The molecule has 0 atom stereocenters. The lowest BCUT2D eigenvalue weighted by Crippen LogP contribution is -2.30. The van der Waals surface area contributed by atoms with Crippen molar-refractivity contribution in [3.05, 3.63) is 82.9 Å². The zero-order chi connectivity index (χ0) is 27.7. The Morgan fingerprint density at radius 1 is 0.895 bits per heavy atom. The van der Waals surface area contributed by atoms with Crippen LogP contribution >= 0.6 is 0 Å². The number of carbonyl (C=O) groups excluding carboxylic acids is 2. The van der Waals surface area contributed by atoms with Crippen LogP contribution in [0.4, 0.5) is 42.5 Å². The first-order valence-corrected chi connectivity index (χ1v) is 11.3. The molecule has 0 saturated heterocycles. The topological polar surface area (TPSA) is 70.7 Å². The average molecular weight is 537 g/mol. The van der Waals surface area contributed by atoms with Gasteiger partial charge < -0.3 is 20.3 Å². The lowest BCUT2D eigenvalue weighted by Gasteiger charge is -2.18. The maximum atomic E-state index is 13.0. The van der Waals surface area contributed by atoms with Crippen LogP contribution < -0.4 is 20.3 Å². The molecular formula is C26H21F6N3O3. The van der Waals surface area contributed by atoms with Gasteiger partial charge >= 0.3 is 18.4 Å². The predicted octanol–water partition coefficient (Wildman–Crippen LogP) is 6.86. The van der Waals surface area contributed by atoms with Crippen LogP contribution in [0.25, 0.3) is 0 Å². The van der Waals surface area contributed by atoms with E-state index in [4.69, 9.17) is 4.74 Å². The number of carbonyl (C=O) groups is 2. The number of benzene rings is 3. The molecule has 38 heavy (non-hydrogen) atoms. The summed E-state index contributed by atoms with van der Waals surface area (Å²) in [5.41, 5.74) is -1.79. The second-order valence-electron chi connectivity index (χ2n) is 8.54. The van der Waals surface area contributed by atoms with Crippen LogP contribution in [0.15, 0.2) is 60.7 Å². The molecule has 4 rings (SSSR count). The molecule has 200 valence electrons. The number of alkyl halides is 6. The van der Waals surface area contributed by atoms with Crippen molar-refractivity contribution in [3.8, 4) is 11.5 Å². The van der Waals surface area contributed by atoms with Gasteiger partial charge in [-0.05, 0) is 66.9 Å². The third-order valence-corrected chi connectivity index (χ3v) is 5.80. The summed E-state index contributed by atoms with van der Waals surface area (Å²) in [5.74, 6) is 0.491. The molecule has 0 spiro atoms. The minimum atomic E-state index is -4.92. The fourth-order valence-electron chi connectivity index (χ4n) is 3.92. The number of hydrogen-bond donors (Lipinski definition) is 2. The van der Waals surface area contributed by atoms with Crippen molar-refractivity contribution in [2.75, 3.05) is 23.8 Å². The summed E-state index contributed by atoms with van der Waals surface area (Å²) in [7, 11) is 1.56. The minimum Gasteiger partial charge on any atom is -0.454 e. The number of rotatable bonds is 5. The van der Waals surface area contributed by atoms with Gasteiger partial charge in [0.25, 0.3) is 5.91 Å². The number of amides is 3. The van der Waals surface area contributed by atoms with Crippen molar-refractivity contribution in [3.63, 3.8) is 0 Å². The van der Waals surface area contributed by atoms with Crippen molar-refractivity contribution >= 4 is 23.3 Å². The molecule has 0 fully saturated rings. The Morgan fingerprint density at radius 3 is 2.21 bits per heavy atom. The van der Waals surface area contributed by atoms with E-state index in [1.165, 1.54) is 4.90 Å². The highest BCUT2D eigenvalue weighted by atomic mass is 19.4. The summed E-state index contributed by atoms with van der Waals surface area (Å²) >= 11 is 0. The monoisotopic (exact) mass is 537 g/mol. The third kappa shape index (κ3) is 6.01. The number of nitrogens with one attached hydrogen (secondary N) is 2. The molecule has 0 unspecified atom stereocenters. The molecule has 1 aliphatic rings. The lowest BCUT2D eigenvalue weighted by atomic mass is 10.0. The van der Waals surface area contributed by atoms with E-state index in [2.05, 4.69) is 10.6 Å². The highest BCUT2D eigenvalue weighted by Crippen LogP contribution is 2.40. The van der Waals surface area contributed by atoms with Crippen molar-refractivity contribution in [1.82, 2.24) is 5.32 Å². The number of nitrogens with zero attached hydrogens (tertiary/aromatic N) is 1. The van der Waals surface area contributed by atoms with E-state index in [0.717, 1.165) is 0 Å². The number of anilines is 2. The molecule has 0 saturated carbocycles. The molecule has 0 aromatic heterocycles. The van der Waals surface area contributed by atoms with Crippen molar-refractivity contribution < 1.29 is 40.7 Å². The van der Waals surface area contributed by atoms with Crippen LogP contribution in [-0.2, 0) is 18.8 Å². The summed E-state index contributed by atoms with van der Waals surface area (Å²) in [5, 5.41) is 5.10. The van der Waals surface area contributed by atoms with Gasteiger partial charge in [-0.15, -0.1) is 0 Å². The first-order chi connectivity index (χ1) is 17.8. The highest BCUT2D eigenvalue weighted by molar-refractivity contribution is 6.09. The molecule has 1 heterocycles. The maximum absolute atomic E-state index is 13.0. The predicted molar refractivity (Wildman–Crippen MR) is 127 cm³/mol. The molecule has 0 aliphatic carbocycles. The molecule has 12 heteroatoms. The molecule has 3 aromatic rings. The number of hydrogen-bond acceptors (Lipinski definition) is 3. The van der Waals surface area contributed by atoms with Crippen LogP contribution in [-0.4, -0.2) is 25.5 Å². The average Bonchev–Trinajstić information content (AvgIpc) is 2.95. The van der Waals surface area contributed by atoms with Crippen LogP contribution in [0.5, 0.6) is 11.5 Å². The number of para-hydroxylation sites is 1. The highest BCUT2D eigenvalue weighted by Gasteiger charge is 2.36. The number of halogens is 6. The molecular weight excluding hydrogens is 516 g/mol. The van der Waals surface area contributed by atoms with E-state index < -0.39 is 29.5 Å². The number of aryl methyl sites for hydroxylation is 1. The van der Waals surface area contributed by atoms with Gasteiger partial charge in [-0.3, -0.25) is 4.79 Å². The van der Waals surface area contributed by atoms with Gasteiger partial charge in [-0.1, -0.05) is 12.1 Å². The summed E-state index contributed by atoms with van der Waals surface area (Å²) in [6.45, 7) is -0.00875. The second-order valence-corrected chi connectivity index (χ2v) is 8.54. The van der Waals surface area contributed by atoms with E-state index in [1.54, 1.807) is 49.5 Å². The molecule has 0 bridgehead atoms. The summed E-state index contributed by atoms with van der Waals surface area (Å²) in [6.07, 6.45) is -9.86. The first-order valence-electron chi connectivity index (χ1n) is 11.3. The maximum Gasteiger partial charge on any atom is 0.416 e. The van der Waals surface area contributed by atoms with Crippen molar-refractivity contribution in [2.45, 2.75) is 25.2 Å². The van der Waals surface area contributed by atoms with Gasteiger partial charge in [0, 0.05) is 19.3 Å². The van der Waals surface area contributed by atoms with Gasteiger partial charge in [-0.25, -0.2) is 4.79 Å². The van der Waals surface area contributed by atoms with Gasteiger partial charge in [0.1, 0.15) is 5.75 Å². The van der Waals surface area contributed by atoms with E-state index >= 15 is 0 Å². The Morgan fingerprint density at radius 2 is 1.55 bits per heavy atom. The molecule has 3 aromatic carbocycles. The van der Waals surface area contributed by atoms with Gasteiger partial charge in [0.15, 0.2) is 5.75 Å². The SMILES string of the molecule is CN1C(=O)c2ccccc2Oc2ccc(NC(=O)NCCCc3cc(C(F)(F)F)cc(C(F)(F)F)c3)cc21. The van der Waals surface area contributed by atoms with E-state index in [-0.39, 0.29) is 36.9 Å². The summed E-state index contributed by atoms with van der Waals surface area (Å²) in [6, 6.07) is 12.2. The molecule has 1 aliphatic heterocycles.